The molecule has 0 bridgehead atoms. The predicted molar refractivity (Wildman–Crippen MR) is 67.4 cm³/mol. The van der Waals surface area contributed by atoms with Gasteiger partial charge in [0.05, 0.1) is 12.1 Å². The molecular weight excluding hydrogens is 214 g/mol. The lowest BCUT2D eigenvalue weighted by molar-refractivity contribution is -0.137. The van der Waals surface area contributed by atoms with Crippen LogP contribution in [0.4, 0.5) is 0 Å². The van der Waals surface area contributed by atoms with Gasteiger partial charge in [-0.05, 0) is 30.7 Å². The van der Waals surface area contributed by atoms with E-state index < -0.39 is 0 Å². The topological polar surface area (TPSA) is 39.2 Å². The maximum Gasteiger partial charge on any atom is 0.330 e. The van der Waals surface area contributed by atoms with Crippen LogP contribution >= 0.6 is 0 Å². The molecular formula is C14H13NO2. The van der Waals surface area contributed by atoms with Gasteiger partial charge in [0.25, 0.3) is 0 Å². The number of hydrogen-bond donors (Lipinski definition) is 0. The van der Waals surface area contributed by atoms with Crippen molar-refractivity contribution in [3.8, 4) is 0 Å². The zero-order valence-corrected chi connectivity index (χ0v) is 9.59. The van der Waals surface area contributed by atoms with Gasteiger partial charge >= 0.3 is 5.97 Å². The molecule has 17 heavy (non-hydrogen) atoms. The molecule has 3 heteroatoms. The fourth-order valence-electron chi connectivity index (χ4n) is 1.61. The van der Waals surface area contributed by atoms with Crippen molar-refractivity contribution in [2.75, 3.05) is 6.61 Å². The number of rotatable bonds is 3. The molecule has 0 N–H and O–H groups in total. The fourth-order valence-corrected chi connectivity index (χ4v) is 1.61. The Hall–Kier alpha value is -2.16. The van der Waals surface area contributed by atoms with E-state index in [1.54, 1.807) is 19.2 Å². The van der Waals surface area contributed by atoms with Gasteiger partial charge in [-0.1, -0.05) is 18.2 Å². The Labute approximate surface area is 99.7 Å². The largest absolute Gasteiger partial charge is 0.463 e. The van der Waals surface area contributed by atoms with Crippen LogP contribution in [0.3, 0.4) is 0 Å². The van der Waals surface area contributed by atoms with Crippen LogP contribution in [0.15, 0.2) is 42.6 Å². The second-order valence-electron chi connectivity index (χ2n) is 3.50. The summed E-state index contributed by atoms with van der Waals surface area (Å²) >= 11 is 0. The Morgan fingerprint density at radius 2 is 2.18 bits per heavy atom. The normalized spacial score (nSPS) is 10.9. The summed E-state index contributed by atoms with van der Waals surface area (Å²) in [6.45, 7) is 2.17. The molecule has 2 aromatic rings. The number of hydrogen-bond acceptors (Lipinski definition) is 3. The number of benzene rings is 1. The molecule has 1 heterocycles. The van der Waals surface area contributed by atoms with Crippen molar-refractivity contribution in [1.29, 1.82) is 0 Å². The van der Waals surface area contributed by atoms with Crippen molar-refractivity contribution in [2.24, 2.45) is 0 Å². The molecule has 0 unspecified atom stereocenters. The zero-order chi connectivity index (χ0) is 12.1. The van der Waals surface area contributed by atoms with E-state index in [9.17, 15) is 4.79 Å². The quantitative estimate of drug-likeness (QED) is 0.598. The third-order valence-corrected chi connectivity index (χ3v) is 2.37. The summed E-state index contributed by atoms with van der Waals surface area (Å²) in [5.74, 6) is -0.326. The highest BCUT2D eigenvalue weighted by Crippen LogP contribution is 2.17. The Kier molecular flexibility index (Phi) is 3.50. The summed E-state index contributed by atoms with van der Waals surface area (Å²) < 4.78 is 4.83. The highest BCUT2D eigenvalue weighted by molar-refractivity contribution is 5.93. The third-order valence-electron chi connectivity index (χ3n) is 2.37. The Morgan fingerprint density at radius 3 is 3.00 bits per heavy atom. The predicted octanol–water partition coefficient (Wildman–Crippen LogP) is 2.81. The molecule has 0 amide bonds. The molecule has 1 aromatic heterocycles. The van der Waals surface area contributed by atoms with Gasteiger partial charge in [0.2, 0.25) is 0 Å². The van der Waals surface area contributed by atoms with Crippen molar-refractivity contribution in [1.82, 2.24) is 4.98 Å². The monoisotopic (exact) mass is 227 g/mol. The number of para-hydroxylation sites is 1. The van der Waals surface area contributed by atoms with Crippen LogP contribution in [0.25, 0.3) is 17.0 Å². The first-order valence-electron chi connectivity index (χ1n) is 5.50. The van der Waals surface area contributed by atoms with Gasteiger partial charge in [0.15, 0.2) is 0 Å². The van der Waals surface area contributed by atoms with Gasteiger partial charge in [-0.2, -0.15) is 0 Å². The average Bonchev–Trinajstić information content (AvgIpc) is 2.36. The van der Waals surface area contributed by atoms with Crippen LogP contribution in [0.1, 0.15) is 12.5 Å². The second kappa shape index (κ2) is 5.25. The van der Waals surface area contributed by atoms with E-state index in [0.29, 0.717) is 6.61 Å². The van der Waals surface area contributed by atoms with E-state index in [1.807, 2.05) is 30.3 Å². The highest BCUT2D eigenvalue weighted by Gasteiger charge is 1.99. The summed E-state index contributed by atoms with van der Waals surface area (Å²) in [7, 11) is 0. The molecule has 0 atom stereocenters. The van der Waals surface area contributed by atoms with Crippen LogP contribution < -0.4 is 0 Å². The molecule has 0 fully saturated rings. The lowest BCUT2D eigenvalue weighted by Gasteiger charge is -2.00. The Morgan fingerprint density at radius 1 is 1.35 bits per heavy atom. The first kappa shape index (κ1) is 11.3. The standard InChI is InChI=1S/C14H13NO2/c1-2-17-14(16)8-7-11-9-10-15-13-6-4-3-5-12(11)13/h3-10H,2H2,1H3/b8-7+. The summed E-state index contributed by atoms with van der Waals surface area (Å²) in [5.41, 5.74) is 1.88. The molecule has 86 valence electrons. The third kappa shape index (κ3) is 2.69. The van der Waals surface area contributed by atoms with Crippen molar-refractivity contribution in [3.63, 3.8) is 0 Å². The van der Waals surface area contributed by atoms with E-state index in [4.69, 9.17) is 4.74 Å². The van der Waals surface area contributed by atoms with E-state index in [1.165, 1.54) is 6.08 Å². The first-order valence-corrected chi connectivity index (χ1v) is 5.50. The van der Waals surface area contributed by atoms with Gasteiger partial charge in [-0.15, -0.1) is 0 Å². The van der Waals surface area contributed by atoms with E-state index in [-0.39, 0.29) is 5.97 Å². The van der Waals surface area contributed by atoms with E-state index >= 15 is 0 Å². The second-order valence-corrected chi connectivity index (χ2v) is 3.50. The minimum Gasteiger partial charge on any atom is -0.463 e. The number of nitrogens with zero attached hydrogens (tertiary/aromatic N) is 1. The molecule has 2 rings (SSSR count). The van der Waals surface area contributed by atoms with Crippen LogP contribution in [-0.4, -0.2) is 17.6 Å². The smallest absolute Gasteiger partial charge is 0.330 e. The van der Waals surface area contributed by atoms with Crippen molar-refractivity contribution < 1.29 is 9.53 Å². The van der Waals surface area contributed by atoms with Crippen LogP contribution in [0, 0.1) is 0 Å². The van der Waals surface area contributed by atoms with Gasteiger partial charge in [0.1, 0.15) is 0 Å². The molecule has 0 spiro atoms. The maximum absolute atomic E-state index is 11.2. The van der Waals surface area contributed by atoms with Crippen LogP contribution in [0.5, 0.6) is 0 Å². The number of pyridine rings is 1. The molecule has 0 saturated heterocycles. The zero-order valence-electron chi connectivity index (χ0n) is 9.59. The van der Waals surface area contributed by atoms with Crippen molar-refractivity contribution >= 4 is 22.9 Å². The average molecular weight is 227 g/mol. The molecule has 3 nitrogen and oxygen atoms in total. The Balaban J connectivity index is 2.33. The minimum atomic E-state index is -0.326. The lowest BCUT2D eigenvalue weighted by atomic mass is 10.1. The van der Waals surface area contributed by atoms with E-state index in [0.717, 1.165) is 16.5 Å². The molecule has 0 aliphatic rings. The van der Waals surface area contributed by atoms with Crippen LogP contribution in [0.2, 0.25) is 0 Å². The fraction of sp³-hybridized carbons (Fsp3) is 0.143. The summed E-state index contributed by atoms with van der Waals surface area (Å²) in [4.78, 5) is 15.5. The maximum atomic E-state index is 11.2. The molecule has 0 saturated carbocycles. The molecule has 0 radical (unpaired) electrons. The van der Waals surface area contributed by atoms with Crippen molar-refractivity contribution in [3.05, 3.63) is 48.2 Å². The molecule has 1 aromatic carbocycles. The number of carbonyl (C=O) groups excluding carboxylic acids is 1. The van der Waals surface area contributed by atoms with E-state index in [2.05, 4.69) is 4.98 Å². The highest BCUT2D eigenvalue weighted by atomic mass is 16.5. The lowest BCUT2D eigenvalue weighted by Crippen LogP contribution is -1.98. The van der Waals surface area contributed by atoms with Crippen molar-refractivity contribution in [2.45, 2.75) is 6.92 Å². The minimum absolute atomic E-state index is 0.326. The van der Waals surface area contributed by atoms with Gasteiger partial charge < -0.3 is 4.74 Å². The number of ether oxygens (including phenoxy) is 1. The van der Waals surface area contributed by atoms with Gasteiger partial charge in [-0.25, -0.2) is 4.79 Å². The molecule has 0 aliphatic carbocycles. The number of esters is 1. The Bertz CT molecular complexity index is 556. The number of fused-ring (bicyclic) bond motifs is 1. The van der Waals surface area contributed by atoms with Gasteiger partial charge in [-0.3, -0.25) is 4.98 Å². The first-order chi connectivity index (χ1) is 8.31. The van der Waals surface area contributed by atoms with Crippen LogP contribution in [-0.2, 0) is 9.53 Å². The summed E-state index contributed by atoms with van der Waals surface area (Å²) in [5, 5.41) is 1.02. The summed E-state index contributed by atoms with van der Waals surface area (Å²) in [6.07, 6.45) is 4.92. The van der Waals surface area contributed by atoms with Gasteiger partial charge in [0, 0.05) is 17.7 Å². The number of carbonyl (C=O) groups is 1. The molecule has 0 aliphatic heterocycles. The number of aromatic nitrogens is 1. The SMILES string of the molecule is CCOC(=O)/C=C/c1ccnc2ccccc12. The summed E-state index contributed by atoms with van der Waals surface area (Å²) in [6, 6.07) is 9.68.